The summed E-state index contributed by atoms with van der Waals surface area (Å²) in [5.74, 6) is -3.92. The smallest absolute Gasteiger partial charge is 0.282 e. The predicted molar refractivity (Wildman–Crippen MR) is 158 cm³/mol. The zero-order valence-electron chi connectivity index (χ0n) is 24.6. The van der Waals surface area contributed by atoms with Crippen molar-refractivity contribution in [3.05, 3.63) is 100 Å². The van der Waals surface area contributed by atoms with Crippen molar-refractivity contribution in [2.45, 2.75) is 56.7 Å². The quantitative estimate of drug-likeness (QED) is 0.300. The number of ketones is 1. The fourth-order valence-electron chi connectivity index (χ4n) is 6.15. The largest absolute Gasteiger partial charge is 0.314 e. The van der Waals surface area contributed by atoms with Crippen LogP contribution in [0.2, 0.25) is 0 Å². The predicted octanol–water partition coefficient (Wildman–Crippen LogP) is 4.86. The van der Waals surface area contributed by atoms with Gasteiger partial charge in [-0.15, -0.1) is 0 Å². The molecule has 242 valence electrons. The molecule has 13 heteroatoms. The number of carbonyl (C=O) groups is 1. The van der Waals surface area contributed by atoms with Gasteiger partial charge in [-0.1, -0.05) is 12.1 Å². The SMILES string of the molecule is O=C(Cc1cncc(F)c1CC[C@H]1CNCCN1S(=O)(=O)N1CCC(F)CC1)C[C@@H](c1ccc(F)cc1)c1cc(F)cc(F)c1. The first-order valence-corrected chi connectivity index (χ1v) is 16.4. The van der Waals surface area contributed by atoms with E-state index in [1.54, 1.807) is 0 Å². The van der Waals surface area contributed by atoms with Crippen molar-refractivity contribution >= 4 is 16.0 Å². The number of benzene rings is 2. The Balaban J connectivity index is 1.32. The van der Waals surface area contributed by atoms with Gasteiger partial charge in [0.15, 0.2) is 0 Å². The van der Waals surface area contributed by atoms with Crippen LogP contribution in [-0.2, 0) is 27.8 Å². The summed E-state index contributed by atoms with van der Waals surface area (Å²) in [6.07, 6.45) is 1.66. The van der Waals surface area contributed by atoms with Crippen LogP contribution in [0.15, 0.2) is 54.9 Å². The molecule has 3 heterocycles. The Bertz CT molecular complexity index is 1580. The van der Waals surface area contributed by atoms with Crippen molar-refractivity contribution < 1.29 is 35.2 Å². The van der Waals surface area contributed by atoms with E-state index in [9.17, 15) is 30.8 Å². The third-order valence-corrected chi connectivity index (χ3v) is 10.6. The minimum Gasteiger partial charge on any atom is -0.314 e. The second-order valence-electron chi connectivity index (χ2n) is 11.6. The van der Waals surface area contributed by atoms with E-state index in [0.717, 1.165) is 24.4 Å². The first-order valence-electron chi connectivity index (χ1n) is 15.0. The molecule has 2 fully saturated rings. The number of piperazine rings is 1. The second-order valence-corrected chi connectivity index (χ2v) is 13.5. The maximum atomic E-state index is 15.1. The minimum absolute atomic E-state index is 0.104. The van der Waals surface area contributed by atoms with Crippen LogP contribution in [0.5, 0.6) is 0 Å². The Labute approximate surface area is 259 Å². The van der Waals surface area contributed by atoms with Crippen LogP contribution in [0.4, 0.5) is 22.0 Å². The molecule has 1 N–H and O–H groups in total. The van der Waals surface area contributed by atoms with Gasteiger partial charge in [-0.25, -0.2) is 22.0 Å². The van der Waals surface area contributed by atoms with Gasteiger partial charge in [-0.3, -0.25) is 9.78 Å². The summed E-state index contributed by atoms with van der Waals surface area (Å²) in [5.41, 5.74) is 1.24. The lowest BCUT2D eigenvalue weighted by Crippen LogP contribution is -2.58. The topological polar surface area (TPSA) is 82.6 Å². The summed E-state index contributed by atoms with van der Waals surface area (Å²) < 4.78 is 100. The number of nitrogens with zero attached hydrogens (tertiary/aromatic N) is 3. The number of nitrogens with one attached hydrogen (secondary N) is 1. The average Bonchev–Trinajstić information content (AvgIpc) is 3.00. The summed E-state index contributed by atoms with van der Waals surface area (Å²) in [5, 5.41) is 3.19. The van der Waals surface area contributed by atoms with E-state index in [2.05, 4.69) is 10.3 Å². The monoisotopic (exact) mass is 650 g/mol. The third-order valence-electron chi connectivity index (χ3n) is 8.50. The van der Waals surface area contributed by atoms with Gasteiger partial charge < -0.3 is 5.32 Å². The Morgan fingerprint density at radius 2 is 1.62 bits per heavy atom. The summed E-state index contributed by atoms with van der Waals surface area (Å²) in [6, 6.07) is 7.76. The molecular weight excluding hydrogens is 615 g/mol. The third kappa shape index (κ3) is 8.13. The molecule has 0 aliphatic carbocycles. The van der Waals surface area contributed by atoms with E-state index in [-0.39, 0.29) is 75.1 Å². The molecule has 5 rings (SSSR count). The maximum Gasteiger partial charge on any atom is 0.282 e. The summed E-state index contributed by atoms with van der Waals surface area (Å²) in [6.45, 7) is 1.23. The zero-order chi connectivity index (χ0) is 32.1. The van der Waals surface area contributed by atoms with Crippen molar-refractivity contribution in [3.8, 4) is 0 Å². The molecule has 0 spiro atoms. The number of carbonyl (C=O) groups excluding carboxylic acids is 1. The molecule has 0 radical (unpaired) electrons. The first kappa shape index (κ1) is 33.1. The number of alkyl halides is 1. The molecule has 2 aliphatic rings. The van der Waals surface area contributed by atoms with Crippen molar-refractivity contribution in [2.24, 2.45) is 0 Å². The highest BCUT2D eigenvalue weighted by Crippen LogP contribution is 2.31. The van der Waals surface area contributed by atoms with Crippen LogP contribution < -0.4 is 5.32 Å². The van der Waals surface area contributed by atoms with Crippen molar-refractivity contribution in [3.63, 3.8) is 0 Å². The lowest BCUT2D eigenvalue weighted by Gasteiger charge is -2.39. The van der Waals surface area contributed by atoms with E-state index in [4.69, 9.17) is 0 Å². The standard InChI is InChI=1S/C32H35F5N4O3S/c33-24-3-1-21(2-4-24)31(22-13-26(35)16-27(36)14-22)17-29(42)15-23-18-39-20-32(37)30(23)6-5-28-19-38-9-12-41(28)45(43,44)40-10-7-25(34)8-11-40/h1-4,13-14,16,18,20,25,28,31,38H,5-12,15,17,19H2/t28-,31-/m0/s1. The van der Waals surface area contributed by atoms with E-state index in [1.165, 1.54) is 39.1 Å². The molecule has 45 heavy (non-hydrogen) atoms. The first-order chi connectivity index (χ1) is 21.5. The van der Waals surface area contributed by atoms with Gasteiger partial charge in [0.25, 0.3) is 10.2 Å². The number of rotatable bonds is 11. The van der Waals surface area contributed by atoms with E-state index in [0.29, 0.717) is 24.2 Å². The van der Waals surface area contributed by atoms with Gasteiger partial charge >= 0.3 is 0 Å². The molecule has 0 amide bonds. The molecule has 0 saturated carbocycles. The van der Waals surface area contributed by atoms with Gasteiger partial charge in [-0.05, 0) is 72.2 Å². The van der Waals surface area contributed by atoms with E-state index in [1.807, 2.05) is 0 Å². The molecule has 1 aromatic heterocycles. The van der Waals surface area contributed by atoms with Crippen LogP contribution >= 0.6 is 0 Å². The second kappa shape index (κ2) is 14.4. The van der Waals surface area contributed by atoms with Gasteiger partial charge in [0.05, 0.1) is 6.20 Å². The number of hydrogen-bond donors (Lipinski definition) is 1. The normalized spacial score (nSPS) is 19.4. The van der Waals surface area contributed by atoms with Crippen molar-refractivity contribution in [1.29, 1.82) is 0 Å². The molecule has 2 saturated heterocycles. The minimum atomic E-state index is -3.85. The highest BCUT2D eigenvalue weighted by Gasteiger charge is 2.38. The van der Waals surface area contributed by atoms with Crippen LogP contribution in [0.3, 0.4) is 0 Å². The summed E-state index contributed by atoms with van der Waals surface area (Å²) >= 11 is 0. The Morgan fingerprint density at radius 1 is 0.933 bits per heavy atom. The molecule has 7 nitrogen and oxygen atoms in total. The average molecular weight is 651 g/mol. The van der Waals surface area contributed by atoms with Crippen LogP contribution in [0, 0.1) is 23.3 Å². The highest BCUT2D eigenvalue weighted by molar-refractivity contribution is 7.86. The van der Waals surface area contributed by atoms with Gasteiger partial charge in [0, 0.05) is 69.8 Å². The van der Waals surface area contributed by atoms with Crippen LogP contribution in [0.25, 0.3) is 0 Å². The number of Topliss-reactive ketones (excluding diaryl/α,β-unsaturated/α-hetero) is 1. The Kier molecular flexibility index (Phi) is 10.6. The fourth-order valence-corrected chi connectivity index (χ4v) is 8.00. The number of hydrogen-bond acceptors (Lipinski definition) is 5. The summed E-state index contributed by atoms with van der Waals surface area (Å²) in [7, 11) is -3.85. The van der Waals surface area contributed by atoms with Crippen LogP contribution in [0.1, 0.15) is 53.9 Å². The molecule has 3 aromatic rings. The number of aromatic nitrogens is 1. The van der Waals surface area contributed by atoms with E-state index < -0.39 is 51.6 Å². The van der Waals surface area contributed by atoms with E-state index >= 15 is 4.39 Å². The maximum absolute atomic E-state index is 15.1. The van der Waals surface area contributed by atoms with Gasteiger partial charge in [0.2, 0.25) is 0 Å². The lowest BCUT2D eigenvalue weighted by molar-refractivity contribution is -0.118. The molecular formula is C32H35F5N4O3S. The lowest BCUT2D eigenvalue weighted by atomic mass is 9.85. The molecule has 2 atom stereocenters. The Morgan fingerprint density at radius 3 is 2.31 bits per heavy atom. The zero-order valence-corrected chi connectivity index (χ0v) is 25.4. The number of piperidine rings is 1. The number of halogens is 5. The number of pyridine rings is 1. The highest BCUT2D eigenvalue weighted by atomic mass is 32.2. The fraction of sp³-hybridized carbons (Fsp3) is 0.438. The van der Waals surface area contributed by atoms with Crippen molar-refractivity contribution in [1.82, 2.24) is 18.9 Å². The van der Waals surface area contributed by atoms with Gasteiger partial charge in [-0.2, -0.15) is 17.0 Å². The summed E-state index contributed by atoms with van der Waals surface area (Å²) in [4.78, 5) is 17.3. The van der Waals surface area contributed by atoms with Crippen LogP contribution in [-0.4, -0.2) is 72.7 Å². The Hall–Kier alpha value is -3.26. The molecule has 2 aliphatic heterocycles. The molecule has 2 aromatic carbocycles. The molecule has 0 bridgehead atoms. The van der Waals surface area contributed by atoms with Crippen molar-refractivity contribution in [2.75, 3.05) is 32.7 Å². The molecule has 0 unspecified atom stereocenters. The van der Waals surface area contributed by atoms with Gasteiger partial charge in [0.1, 0.15) is 35.2 Å².